The van der Waals surface area contributed by atoms with Gasteiger partial charge in [-0.2, -0.15) is 4.98 Å². The van der Waals surface area contributed by atoms with E-state index in [1.54, 1.807) is 0 Å². The van der Waals surface area contributed by atoms with Crippen molar-refractivity contribution in [3.8, 4) is 0 Å². The topological polar surface area (TPSA) is 90.4 Å². The second-order valence-electron chi connectivity index (χ2n) is 3.32. The lowest BCUT2D eigenvalue weighted by molar-refractivity contribution is 0.0498. The number of nitrogens with zero attached hydrogens (tertiary/aromatic N) is 2. The van der Waals surface area contributed by atoms with Gasteiger partial charge in [-0.15, -0.1) is 0 Å². The third kappa shape index (κ3) is 1.70. The zero-order chi connectivity index (χ0) is 11.7. The van der Waals surface area contributed by atoms with Gasteiger partial charge in [-0.25, -0.2) is 9.18 Å². The maximum atomic E-state index is 13.6. The molecule has 1 aromatic heterocycles. The first-order valence-electron chi connectivity index (χ1n) is 4.58. The fourth-order valence-corrected chi connectivity index (χ4v) is 1.42. The molecule has 16 heavy (non-hydrogen) atoms. The molecule has 0 saturated heterocycles. The van der Waals surface area contributed by atoms with E-state index in [1.807, 2.05) is 0 Å². The molecule has 1 aliphatic heterocycles. The van der Waals surface area contributed by atoms with Crippen molar-refractivity contribution < 1.29 is 14.2 Å². The van der Waals surface area contributed by atoms with Gasteiger partial charge < -0.3 is 15.6 Å². The van der Waals surface area contributed by atoms with E-state index in [-0.39, 0.29) is 18.0 Å². The second-order valence-corrected chi connectivity index (χ2v) is 3.32. The summed E-state index contributed by atoms with van der Waals surface area (Å²) in [5, 5.41) is 8.81. The van der Waals surface area contributed by atoms with Crippen molar-refractivity contribution in [2.45, 2.75) is 6.23 Å². The van der Waals surface area contributed by atoms with Gasteiger partial charge in [-0.1, -0.05) is 0 Å². The normalized spacial score (nSPS) is 20.5. The van der Waals surface area contributed by atoms with E-state index in [1.165, 1.54) is 12.3 Å². The largest absolute Gasteiger partial charge is 0.392 e. The predicted molar refractivity (Wildman–Crippen MR) is 53.1 cm³/mol. The van der Waals surface area contributed by atoms with Crippen LogP contribution in [0.15, 0.2) is 28.5 Å². The van der Waals surface area contributed by atoms with Crippen LogP contribution in [0.2, 0.25) is 0 Å². The summed E-state index contributed by atoms with van der Waals surface area (Å²) in [5.41, 5.74) is 4.74. The lowest BCUT2D eigenvalue weighted by atomic mass is 10.3. The lowest BCUT2D eigenvalue weighted by Crippen LogP contribution is -2.27. The van der Waals surface area contributed by atoms with Crippen LogP contribution in [0.1, 0.15) is 6.23 Å². The summed E-state index contributed by atoms with van der Waals surface area (Å²) in [5.74, 6) is -0.595. The molecular formula is C9H10FN3O3. The van der Waals surface area contributed by atoms with Gasteiger partial charge in [0.05, 0.1) is 13.2 Å². The van der Waals surface area contributed by atoms with Crippen molar-refractivity contribution in [3.05, 3.63) is 34.1 Å². The van der Waals surface area contributed by atoms with Crippen molar-refractivity contribution in [3.63, 3.8) is 0 Å². The third-order valence-electron chi connectivity index (χ3n) is 2.27. The van der Waals surface area contributed by atoms with Gasteiger partial charge in [0, 0.05) is 11.8 Å². The van der Waals surface area contributed by atoms with Gasteiger partial charge in [0.15, 0.2) is 12.1 Å². The molecule has 0 aromatic carbocycles. The molecule has 1 aromatic rings. The first-order valence-corrected chi connectivity index (χ1v) is 4.58. The Bertz CT molecular complexity index is 497. The quantitative estimate of drug-likeness (QED) is 0.715. The summed E-state index contributed by atoms with van der Waals surface area (Å²) < 4.78 is 19.6. The number of hydrogen-bond acceptors (Lipinski definition) is 5. The molecule has 2 rings (SSSR count). The van der Waals surface area contributed by atoms with Gasteiger partial charge in [-0.3, -0.25) is 4.57 Å². The van der Waals surface area contributed by atoms with E-state index in [2.05, 4.69) is 4.98 Å². The fraction of sp³-hybridized carbons (Fsp3) is 0.333. The number of anilines is 1. The van der Waals surface area contributed by atoms with E-state index in [4.69, 9.17) is 15.6 Å². The standard InChI is InChI=1S/C9H10FN3O3/c10-7-5(3-14)4-16-8(7)13-2-1-6(11)12-9(13)15/h1-2,8,14H,3-4H2,(H2,11,12,15)/t8-/m0/s1. The minimum absolute atomic E-state index is 0.0379. The van der Waals surface area contributed by atoms with Crippen molar-refractivity contribution in [2.24, 2.45) is 0 Å². The average molecular weight is 227 g/mol. The SMILES string of the molecule is Nc1ccn([C@H]2OCC(CO)=C2F)c(=O)n1. The highest BCUT2D eigenvalue weighted by Crippen LogP contribution is 2.29. The fourth-order valence-electron chi connectivity index (χ4n) is 1.42. The molecule has 0 aliphatic carbocycles. The average Bonchev–Trinajstić information content (AvgIpc) is 2.60. The number of rotatable bonds is 2. The van der Waals surface area contributed by atoms with Crippen LogP contribution < -0.4 is 11.4 Å². The predicted octanol–water partition coefficient (Wildman–Crippen LogP) is -0.430. The number of nitrogens with two attached hydrogens (primary N) is 1. The Morgan fingerprint density at radius 2 is 2.50 bits per heavy atom. The van der Waals surface area contributed by atoms with Crippen molar-refractivity contribution >= 4 is 5.82 Å². The highest BCUT2D eigenvalue weighted by molar-refractivity contribution is 5.24. The maximum Gasteiger partial charge on any atom is 0.351 e. The molecule has 0 fully saturated rings. The van der Waals surface area contributed by atoms with Gasteiger partial charge >= 0.3 is 5.69 Å². The molecule has 2 heterocycles. The Kier molecular flexibility index (Phi) is 2.71. The van der Waals surface area contributed by atoms with Crippen LogP contribution in [0.3, 0.4) is 0 Å². The molecule has 0 saturated carbocycles. The van der Waals surface area contributed by atoms with Crippen LogP contribution in [0.25, 0.3) is 0 Å². The summed E-state index contributed by atoms with van der Waals surface area (Å²) in [7, 11) is 0. The van der Waals surface area contributed by atoms with Crippen molar-refractivity contribution in [1.29, 1.82) is 0 Å². The molecule has 1 aliphatic rings. The summed E-state index contributed by atoms with van der Waals surface area (Å²) in [4.78, 5) is 14.9. The molecule has 0 radical (unpaired) electrons. The van der Waals surface area contributed by atoms with Crippen LogP contribution in [-0.2, 0) is 4.74 Å². The monoisotopic (exact) mass is 227 g/mol. The highest BCUT2D eigenvalue weighted by atomic mass is 19.1. The van der Waals surface area contributed by atoms with E-state index in [0.29, 0.717) is 0 Å². The summed E-state index contributed by atoms with van der Waals surface area (Å²) in [6.07, 6.45) is 0.151. The molecule has 6 nitrogen and oxygen atoms in total. The van der Waals surface area contributed by atoms with Crippen molar-refractivity contribution in [1.82, 2.24) is 9.55 Å². The molecule has 0 bridgehead atoms. The van der Waals surface area contributed by atoms with Crippen molar-refractivity contribution in [2.75, 3.05) is 18.9 Å². The van der Waals surface area contributed by atoms with E-state index in [9.17, 15) is 9.18 Å². The Balaban J connectivity index is 2.40. The summed E-state index contributed by atoms with van der Waals surface area (Å²) in [6.45, 7) is -0.469. The number of ether oxygens (including phenoxy) is 1. The minimum atomic E-state index is -1.15. The lowest BCUT2D eigenvalue weighted by Gasteiger charge is -2.12. The molecule has 0 unspecified atom stereocenters. The minimum Gasteiger partial charge on any atom is -0.392 e. The number of aliphatic hydroxyl groups excluding tert-OH is 1. The Labute approximate surface area is 89.8 Å². The second kappa shape index (κ2) is 4.03. The summed E-state index contributed by atoms with van der Waals surface area (Å²) in [6, 6.07) is 1.37. The van der Waals surface area contributed by atoms with E-state index >= 15 is 0 Å². The van der Waals surface area contributed by atoms with E-state index < -0.39 is 24.4 Å². The molecule has 3 N–H and O–H groups in total. The third-order valence-corrected chi connectivity index (χ3v) is 2.27. The first-order chi connectivity index (χ1) is 7.63. The number of nitrogen functional groups attached to an aromatic ring is 1. The Hall–Kier alpha value is -1.73. The van der Waals surface area contributed by atoms with Crippen LogP contribution >= 0.6 is 0 Å². The zero-order valence-electron chi connectivity index (χ0n) is 8.26. The molecule has 0 amide bonds. The smallest absolute Gasteiger partial charge is 0.351 e. The van der Waals surface area contributed by atoms with Gasteiger partial charge in [0.1, 0.15) is 5.82 Å². The van der Waals surface area contributed by atoms with Gasteiger partial charge in [0.25, 0.3) is 0 Å². The Morgan fingerprint density at radius 1 is 1.75 bits per heavy atom. The highest BCUT2D eigenvalue weighted by Gasteiger charge is 2.28. The zero-order valence-corrected chi connectivity index (χ0v) is 8.26. The summed E-state index contributed by atoms with van der Waals surface area (Å²) >= 11 is 0. The van der Waals surface area contributed by atoms with Crippen LogP contribution in [0.5, 0.6) is 0 Å². The molecule has 7 heteroatoms. The number of aliphatic hydroxyl groups is 1. The van der Waals surface area contributed by atoms with E-state index in [0.717, 1.165) is 4.57 Å². The molecular weight excluding hydrogens is 217 g/mol. The van der Waals surface area contributed by atoms with Gasteiger partial charge in [-0.05, 0) is 6.07 Å². The van der Waals surface area contributed by atoms with Crippen LogP contribution in [-0.4, -0.2) is 27.9 Å². The van der Waals surface area contributed by atoms with Crippen LogP contribution in [0.4, 0.5) is 10.2 Å². The molecule has 0 spiro atoms. The first kappa shape index (κ1) is 10.8. The number of hydrogen-bond donors (Lipinski definition) is 2. The van der Waals surface area contributed by atoms with Gasteiger partial charge in [0.2, 0.25) is 0 Å². The van der Waals surface area contributed by atoms with Crippen LogP contribution in [0, 0.1) is 0 Å². The number of aromatic nitrogens is 2. The maximum absolute atomic E-state index is 13.6. The molecule has 86 valence electrons. The molecule has 1 atom stereocenters. The Morgan fingerprint density at radius 3 is 3.06 bits per heavy atom. The number of halogens is 1.